The van der Waals surface area contributed by atoms with Gasteiger partial charge in [-0.3, -0.25) is 4.68 Å². The van der Waals surface area contributed by atoms with E-state index in [-0.39, 0.29) is 40.7 Å². The molecule has 0 aromatic carbocycles. The third-order valence-electron chi connectivity index (χ3n) is 2.29. The van der Waals surface area contributed by atoms with Crippen molar-refractivity contribution in [3.63, 3.8) is 0 Å². The van der Waals surface area contributed by atoms with Crippen LogP contribution < -0.4 is 34.7 Å². The van der Waals surface area contributed by atoms with Crippen LogP contribution in [0.5, 0.6) is 0 Å². The maximum absolute atomic E-state index is 10.5. The molecule has 1 saturated heterocycles. The van der Waals surface area contributed by atoms with Gasteiger partial charge in [0.05, 0.1) is 25.7 Å². The number of aromatic carboxylic acids is 1. The van der Waals surface area contributed by atoms with Gasteiger partial charge < -0.3 is 14.6 Å². The molecule has 0 aliphatic carbocycles. The summed E-state index contributed by atoms with van der Waals surface area (Å²) in [6.45, 7) is 4.16. The van der Waals surface area contributed by atoms with Crippen molar-refractivity contribution in [2.45, 2.75) is 13.5 Å². The third kappa shape index (κ3) is 2.81. The molecule has 1 aliphatic rings. The first-order valence-corrected chi connectivity index (χ1v) is 4.42. The van der Waals surface area contributed by atoms with Crippen LogP contribution in [0.25, 0.3) is 0 Å². The second kappa shape index (κ2) is 4.65. The molecule has 15 heavy (non-hydrogen) atoms. The first-order valence-electron chi connectivity index (χ1n) is 4.42. The van der Waals surface area contributed by atoms with E-state index in [4.69, 9.17) is 4.74 Å². The van der Waals surface area contributed by atoms with E-state index in [0.29, 0.717) is 19.8 Å². The zero-order chi connectivity index (χ0) is 10.2. The molecule has 1 aromatic heterocycles. The van der Waals surface area contributed by atoms with Gasteiger partial charge >= 0.3 is 29.6 Å². The molecule has 0 bridgehead atoms. The van der Waals surface area contributed by atoms with Crippen LogP contribution >= 0.6 is 0 Å². The van der Waals surface area contributed by atoms with Crippen LogP contribution in [0.15, 0.2) is 12.3 Å². The minimum absolute atomic E-state index is 0. The summed E-state index contributed by atoms with van der Waals surface area (Å²) in [5.41, 5.74) is 0.0729. The second-order valence-corrected chi connectivity index (χ2v) is 3.99. The van der Waals surface area contributed by atoms with Gasteiger partial charge in [0, 0.05) is 11.6 Å². The van der Waals surface area contributed by atoms with E-state index in [0.717, 1.165) is 0 Å². The largest absolute Gasteiger partial charge is 1.00 e. The number of carboxylic acid groups (broad SMARTS) is 1. The summed E-state index contributed by atoms with van der Waals surface area (Å²) < 4.78 is 6.71. The van der Waals surface area contributed by atoms with Crippen molar-refractivity contribution in [3.8, 4) is 0 Å². The van der Waals surface area contributed by atoms with E-state index >= 15 is 0 Å². The number of hydrogen-bond acceptors (Lipinski definition) is 4. The molecule has 0 radical (unpaired) electrons. The molecule has 5 nitrogen and oxygen atoms in total. The molecule has 0 N–H and O–H groups in total. The molecule has 0 unspecified atom stereocenters. The van der Waals surface area contributed by atoms with Gasteiger partial charge in [-0.25, -0.2) is 0 Å². The second-order valence-electron chi connectivity index (χ2n) is 3.99. The van der Waals surface area contributed by atoms with Gasteiger partial charge in [0.1, 0.15) is 5.69 Å². The fourth-order valence-corrected chi connectivity index (χ4v) is 1.49. The number of carbonyl (C=O) groups excluding carboxylic acids is 1. The molecule has 1 aromatic rings. The zero-order valence-corrected chi connectivity index (χ0v) is 10.9. The number of rotatable bonds is 3. The van der Waals surface area contributed by atoms with Gasteiger partial charge in [-0.1, -0.05) is 6.92 Å². The van der Waals surface area contributed by atoms with E-state index in [9.17, 15) is 9.90 Å². The molecule has 2 heterocycles. The maximum atomic E-state index is 10.5. The number of aromatic nitrogens is 2. The number of ether oxygens (including phenoxy) is 1. The smallest absolute Gasteiger partial charge is 0.543 e. The average Bonchev–Trinajstić information content (AvgIpc) is 2.50. The molecule has 2 rings (SSSR count). The predicted molar refractivity (Wildman–Crippen MR) is 45.5 cm³/mol. The van der Waals surface area contributed by atoms with Crippen molar-refractivity contribution in [1.82, 2.24) is 9.78 Å². The van der Waals surface area contributed by atoms with E-state index in [1.54, 1.807) is 10.9 Å². The molecule has 1 fully saturated rings. The SMILES string of the molecule is CC1(Cn2ccc(C(=O)[O-])n2)COC1.[Na+]. The Hall–Kier alpha value is -0.360. The number of nitrogens with zero attached hydrogens (tertiary/aromatic N) is 2. The normalized spacial score (nSPS) is 17.7. The van der Waals surface area contributed by atoms with Gasteiger partial charge in [-0.05, 0) is 6.07 Å². The minimum Gasteiger partial charge on any atom is -0.543 e. The molecule has 1 aliphatic heterocycles. The van der Waals surface area contributed by atoms with Crippen molar-refractivity contribution >= 4 is 5.97 Å². The fourth-order valence-electron chi connectivity index (χ4n) is 1.49. The van der Waals surface area contributed by atoms with Gasteiger partial charge in [-0.2, -0.15) is 5.10 Å². The summed E-state index contributed by atoms with van der Waals surface area (Å²) in [5, 5.41) is 14.3. The van der Waals surface area contributed by atoms with E-state index in [1.165, 1.54) is 6.07 Å². The number of carboxylic acids is 1. The van der Waals surface area contributed by atoms with Crippen LogP contribution in [0, 0.1) is 5.41 Å². The quantitative estimate of drug-likeness (QED) is 0.489. The summed E-state index contributed by atoms with van der Waals surface area (Å²) in [6, 6.07) is 1.44. The van der Waals surface area contributed by atoms with Crippen LogP contribution in [-0.2, 0) is 11.3 Å². The molecule has 0 saturated carbocycles. The van der Waals surface area contributed by atoms with Crippen molar-refractivity contribution in [1.29, 1.82) is 0 Å². The van der Waals surface area contributed by atoms with Crippen molar-refractivity contribution < 1.29 is 44.2 Å². The Labute approximate surface area is 110 Å². The summed E-state index contributed by atoms with van der Waals surface area (Å²) >= 11 is 0. The Morgan fingerprint density at radius 3 is 2.80 bits per heavy atom. The Kier molecular flexibility index (Phi) is 3.94. The average molecular weight is 218 g/mol. The van der Waals surface area contributed by atoms with Gasteiger partial charge in [0.25, 0.3) is 0 Å². The van der Waals surface area contributed by atoms with Crippen LogP contribution in [-0.4, -0.2) is 29.0 Å². The Morgan fingerprint density at radius 2 is 2.40 bits per heavy atom. The topological polar surface area (TPSA) is 67.2 Å². The maximum Gasteiger partial charge on any atom is 1.00 e. The van der Waals surface area contributed by atoms with Gasteiger partial charge in [0.15, 0.2) is 0 Å². The van der Waals surface area contributed by atoms with Gasteiger partial charge in [-0.15, -0.1) is 0 Å². The standard InChI is InChI=1S/C9H12N2O3.Na/c1-9(5-14-6-9)4-11-3-2-7(10-11)8(12)13;/h2-3H,4-6H2,1H3,(H,12,13);/q;+1/p-1. The molecule has 0 amide bonds. The van der Waals surface area contributed by atoms with Crippen LogP contribution in [0.3, 0.4) is 0 Å². The summed E-state index contributed by atoms with van der Waals surface area (Å²) in [4.78, 5) is 10.5. The monoisotopic (exact) mass is 218 g/mol. The molecule has 0 spiro atoms. The Morgan fingerprint density at radius 1 is 1.73 bits per heavy atom. The molecular formula is C9H11N2NaO3. The molecule has 0 atom stereocenters. The first-order chi connectivity index (χ1) is 6.59. The summed E-state index contributed by atoms with van der Waals surface area (Å²) in [7, 11) is 0. The number of carbonyl (C=O) groups is 1. The molecule has 6 heteroatoms. The fraction of sp³-hybridized carbons (Fsp3) is 0.556. The van der Waals surface area contributed by atoms with Crippen LogP contribution in [0.1, 0.15) is 17.4 Å². The van der Waals surface area contributed by atoms with E-state index in [1.807, 2.05) is 0 Å². The van der Waals surface area contributed by atoms with Crippen molar-refractivity contribution in [3.05, 3.63) is 18.0 Å². The Balaban J connectivity index is 0.00000112. The third-order valence-corrected chi connectivity index (χ3v) is 2.29. The Bertz CT molecular complexity index is 360. The van der Waals surface area contributed by atoms with Gasteiger partial charge in [0.2, 0.25) is 0 Å². The van der Waals surface area contributed by atoms with Crippen molar-refractivity contribution in [2.75, 3.05) is 13.2 Å². The summed E-state index contributed by atoms with van der Waals surface area (Å²) in [6.07, 6.45) is 1.65. The number of hydrogen-bond donors (Lipinski definition) is 0. The van der Waals surface area contributed by atoms with E-state index < -0.39 is 5.97 Å². The minimum atomic E-state index is -1.24. The van der Waals surface area contributed by atoms with E-state index in [2.05, 4.69) is 12.0 Å². The van der Waals surface area contributed by atoms with Crippen LogP contribution in [0.2, 0.25) is 0 Å². The zero-order valence-electron chi connectivity index (χ0n) is 8.90. The summed E-state index contributed by atoms with van der Waals surface area (Å²) in [5.74, 6) is -1.24. The molecular weight excluding hydrogens is 207 g/mol. The molecule has 76 valence electrons. The van der Waals surface area contributed by atoms with Crippen molar-refractivity contribution in [2.24, 2.45) is 5.41 Å². The first kappa shape index (κ1) is 12.7. The van der Waals surface area contributed by atoms with Crippen LogP contribution in [0.4, 0.5) is 0 Å². The predicted octanol–water partition coefficient (Wildman–Crippen LogP) is -3.71.